The minimum absolute atomic E-state index is 0.00981. The smallest absolute Gasteiger partial charge is 0.341 e. The van der Waals surface area contributed by atoms with E-state index in [9.17, 15) is 48.3 Å². The summed E-state index contributed by atoms with van der Waals surface area (Å²) < 4.78 is 21.6. The van der Waals surface area contributed by atoms with Crippen molar-refractivity contribution in [2.24, 2.45) is 34.4 Å². The second-order valence-corrected chi connectivity index (χ2v) is 19.6. The maximum Gasteiger partial charge on any atom is 0.341 e. The standard InChI is InChI=1S/C58H81N13O14/c1-82-46-21-17-34(29-38(46)51(64)74)66-56(79)45(16-8-12-28-62)71-54(77)41-32-37(20-24-49(41)85-33-50(72)73)68-58(81)44(15-7-11-27-61)70-53(76)40-31-36(19-23-48(40)84-3)67-57(80)43(14-6-10-26-60)69-52(75)39-30-35(18-22-47(39)83-2)65-55(78)42(63)13-5-4-9-25-59/h17-24,29-32,42-45H,4-16,25-28,33,59-63H2,1-3H3,(H2,64,74)(H,65,78)(H,66,79)(H,67,80)(H,68,81)(H,69,75)(H,70,76)(H,71,77)(H,72,73)/t42-,43-,44-,45-/m0/s1. The molecule has 0 heterocycles. The van der Waals surface area contributed by atoms with Gasteiger partial charge in [0.2, 0.25) is 23.6 Å². The van der Waals surface area contributed by atoms with Crippen LogP contribution in [0.15, 0.2) is 72.8 Å². The van der Waals surface area contributed by atoms with E-state index in [0.29, 0.717) is 64.5 Å². The van der Waals surface area contributed by atoms with Crippen LogP contribution in [-0.2, 0) is 24.0 Å². The molecule has 0 bridgehead atoms. The van der Waals surface area contributed by atoms with Gasteiger partial charge in [0.1, 0.15) is 41.1 Å². The first-order valence-corrected chi connectivity index (χ1v) is 27.9. The molecule has 0 aromatic heterocycles. The van der Waals surface area contributed by atoms with E-state index < -0.39 is 84.0 Å². The van der Waals surface area contributed by atoms with Crippen molar-refractivity contribution in [1.82, 2.24) is 16.0 Å². The third-order valence-corrected chi connectivity index (χ3v) is 13.3. The highest BCUT2D eigenvalue weighted by Gasteiger charge is 2.29. The number of carbonyl (C=O) groups excluding carboxylic acids is 8. The van der Waals surface area contributed by atoms with E-state index in [0.717, 1.165) is 12.8 Å². The molecule has 0 saturated heterocycles. The van der Waals surface area contributed by atoms with E-state index in [4.69, 9.17) is 53.3 Å². The molecule has 4 rings (SSSR count). The van der Waals surface area contributed by atoms with Gasteiger partial charge < -0.3 is 95.7 Å². The number of hydrogen-bond acceptors (Lipinski definition) is 18. The van der Waals surface area contributed by atoms with Crippen LogP contribution < -0.4 is 90.6 Å². The number of rotatable bonds is 38. The Kier molecular flexibility index (Phi) is 29.0. The minimum Gasteiger partial charge on any atom is -0.496 e. The largest absolute Gasteiger partial charge is 0.496 e. The summed E-state index contributed by atoms with van der Waals surface area (Å²) in [6, 6.07) is 12.3. The molecule has 0 unspecified atom stereocenters. The highest BCUT2D eigenvalue weighted by atomic mass is 16.5. The summed E-state index contributed by atoms with van der Waals surface area (Å²) >= 11 is 0. The van der Waals surface area contributed by atoms with Crippen molar-refractivity contribution < 1.29 is 67.2 Å². The van der Waals surface area contributed by atoms with Crippen molar-refractivity contribution in [3.63, 3.8) is 0 Å². The number of ether oxygens (including phenoxy) is 4. The van der Waals surface area contributed by atoms with Crippen LogP contribution in [0.3, 0.4) is 0 Å². The van der Waals surface area contributed by atoms with Crippen molar-refractivity contribution >= 4 is 76.0 Å². The number of amides is 8. The lowest BCUT2D eigenvalue weighted by Gasteiger charge is -2.22. The zero-order chi connectivity index (χ0) is 62.4. The molecule has 0 saturated carbocycles. The average Bonchev–Trinajstić information content (AvgIpc) is 3.40. The summed E-state index contributed by atoms with van der Waals surface area (Å²) in [5.74, 6) is -6.91. The van der Waals surface area contributed by atoms with Crippen molar-refractivity contribution in [2.45, 2.75) is 108 Å². The van der Waals surface area contributed by atoms with Gasteiger partial charge in [-0.25, -0.2) is 4.79 Å². The molecule has 462 valence electrons. The molecule has 0 aliphatic carbocycles. The summed E-state index contributed by atoms with van der Waals surface area (Å²) in [5, 5.41) is 28.5. The van der Waals surface area contributed by atoms with E-state index in [2.05, 4.69) is 37.2 Å². The van der Waals surface area contributed by atoms with E-state index in [1.807, 2.05) is 0 Å². The number of carboxylic acid groups (broad SMARTS) is 1. The molecule has 4 aromatic rings. The molecule has 8 amide bonds. The molecule has 0 radical (unpaired) electrons. The topological polar surface area (TPSA) is 451 Å². The third-order valence-electron chi connectivity index (χ3n) is 13.3. The van der Waals surface area contributed by atoms with Crippen LogP contribution >= 0.6 is 0 Å². The number of unbranched alkanes of at least 4 members (excludes halogenated alkanes) is 5. The van der Waals surface area contributed by atoms with Crippen molar-refractivity contribution in [3.8, 4) is 23.0 Å². The Labute approximate surface area is 493 Å². The summed E-state index contributed by atoms with van der Waals surface area (Å²) in [6.07, 6.45) is 5.79. The van der Waals surface area contributed by atoms with Crippen LogP contribution in [0.1, 0.15) is 125 Å². The maximum absolute atomic E-state index is 14.3. The fourth-order valence-electron chi connectivity index (χ4n) is 8.69. The molecule has 27 nitrogen and oxygen atoms in total. The molecule has 4 aromatic carbocycles. The number of aliphatic carboxylic acids is 1. The maximum atomic E-state index is 14.3. The van der Waals surface area contributed by atoms with Gasteiger partial charge in [0, 0.05) is 22.7 Å². The summed E-state index contributed by atoms with van der Waals surface area (Å²) in [7, 11) is 4.03. The van der Waals surface area contributed by atoms with Crippen molar-refractivity contribution in [2.75, 3.05) is 75.4 Å². The number of anilines is 4. The Bertz CT molecular complexity index is 2940. The lowest BCUT2D eigenvalue weighted by molar-refractivity contribution is -0.139. The SMILES string of the molecule is COc1ccc(NC(=O)[C@H](CCCCN)NC(=O)c2cc(NC(=O)[C@H](CCCCN)NC(=O)c3cc(NC(=O)[C@H](CCCCN)NC(=O)c4cc(NC(=O)[C@@H](N)CCCCCN)ccc4OC)ccc3OC)ccc2OCC(=O)O)cc1C(N)=O. The van der Waals surface area contributed by atoms with Gasteiger partial charge in [-0.2, -0.15) is 0 Å². The van der Waals surface area contributed by atoms with E-state index in [1.165, 1.54) is 88.1 Å². The van der Waals surface area contributed by atoms with Crippen LogP contribution in [0.25, 0.3) is 0 Å². The minimum atomic E-state index is -1.36. The number of primary amides is 1. The molecule has 27 heteroatoms. The Balaban J connectivity index is 1.58. The second-order valence-electron chi connectivity index (χ2n) is 19.6. The number of carbonyl (C=O) groups is 9. The van der Waals surface area contributed by atoms with Crippen LogP contribution in [-0.4, -0.2) is 137 Å². The van der Waals surface area contributed by atoms with Crippen LogP contribution in [0.4, 0.5) is 22.7 Å². The molecule has 20 N–H and O–H groups in total. The highest BCUT2D eigenvalue weighted by Crippen LogP contribution is 2.28. The highest BCUT2D eigenvalue weighted by molar-refractivity contribution is 6.07. The third kappa shape index (κ3) is 22.0. The molecule has 4 atom stereocenters. The number of carboxylic acids is 1. The zero-order valence-electron chi connectivity index (χ0n) is 48.2. The van der Waals surface area contributed by atoms with Gasteiger partial charge in [0.15, 0.2) is 6.61 Å². The van der Waals surface area contributed by atoms with E-state index >= 15 is 0 Å². The molecular weight excluding hydrogens is 1100 g/mol. The normalized spacial score (nSPS) is 12.2. The Hall–Kier alpha value is -8.89. The Morgan fingerprint density at radius 1 is 0.424 bits per heavy atom. The predicted octanol–water partition coefficient (Wildman–Crippen LogP) is 2.66. The Morgan fingerprint density at radius 2 is 0.729 bits per heavy atom. The van der Waals surface area contributed by atoms with Crippen molar-refractivity contribution in [1.29, 1.82) is 0 Å². The first kappa shape index (κ1) is 68.6. The van der Waals surface area contributed by atoms with Gasteiger partial charge in [-0.15, -0.1) is 0 Å². The summed E-state index contributed by atoms with van der Waals surface area (Å²) in [6.45, 7) is 0.554. The molecule has 0 aliphatic rings. The predicted molar refractivity (Wildman–Crippen MR) is 320 cm³/mol. The van der Waals surface area contributed by atoms with E-state index in [1.54, 1.807) is 6.07 Å². The number of methoxy groups -OCH3 is 3. The molecule has 85 heavy (non-hydrogen) atoms. The van der Waals surface area contributed by atoms with Gasteiger partial charge in [-0.05, 0) is 170 Å². The second kappa shape index (κ2) is 36.0. The summed E-state index contributed by atoms with van der Waals surface area (Å²) in [5.41, 5.74) is 34.7. The van der Waals surface area contributed by atoms with E-state index in [-0.39, 0.29) is 100 Å². The fourth-order valence-corrected chi connectivity index (χ4v) is 8.69. The lowest BCUT2D eigenvalue weighted by Crippen LogP contribution is -2.44. The van der Waals surface area contributed by atoms with Crippen LogP contribution in [0.5, 0.6) is 23.0 Å². The van der Waals surface area contributed by atoms with Crippen LogP contribution in [0, 0.1) is 0 Å². The van der Waals surface area contributed by atoms with Crippen molar-refractivity contribution in [3.05, 3.63) is 95.1 Å². The molecule has 0 fully saturated rings. The monoisotopic (exact) mass is 1180 g/mol. The molecular formula is C58H81N13O14. The van der Waals surface area contributed by atoms with Gasteiger partial charge in [0.25, 0.3) is 23.6 Å². The number of benzene rings is 4. The average molecular weight is 1180 g/mol. The van der Waals surface area contributed by atoms with Gasteiger partial charge in [0.05, 0.1) is 49.6 Å². The number of hydrogen-bond donors (Lipinski definition) is 14. The number of nitrogens with two attached hydrogens (primary N) is 6. The van der Waals surface area contributed by atoms with Crippen LogP contribution in [0.2, 0.25) is 0 Å². The molecule has 0 aliphatic heterocycles. The fraction of sp³-hybridized carbons (Fsp3) is 0.431. The first-order valence-electron chi connectivity index (χ1n) is 27.9. The first-order chi connectivity index (χ1) is 40.8. The lowest BCUT2D eigenvalue weighted by atomic mass is 10.1. The quantitative estimate of drug-likeness (QED) is 0.0287. The summed E-state index contributed by atoms with van der Waals surface area (Å²) in [4.78, 5) is 121. The van der Waals surface area contributed by atoms with Gasteiger partial charge in [-0.1, -0.05) is 12.8 Å². The van der Waals surface area contributed by atoms with Gasteiger partial charge >= 0.3 is 5.97 Å². The molecule has 0 spiro atoms. The zero-order valence-corrected chi connectivity index (χ0v) is 48.2. The number of nitrogens with one attached hydrogen (secondary N) is 7. The Morgan fingerprint density at radius 3 is 1.07 bits per heavy atom. The van der Waals surface area contributed by atoms with Gasteiger partial charge in [-0.3, -0.25) is 38.4 Å².